The van der Waals surface area contributed by atoms with Crippen molar-refractivity contribution in [3.63, 3.8) is 0 Å². The van der Waals surface area contributed by atoms with E-state index in [1.165, 1.54) is 0 Å². The number of halogens is 2. The zero-order valence-electron chi connectivity index (χ0n) is 10.9. The second-order valence-corrected chi connectivity index (χ2v) is 6.08. The fourth-order valence-electron chi connectivity index (χ4n) is 2.12. The van der Waals surface area contributed by atoms with Gasteiger partial charge < -0.3 is 5.11 Å². The Kier molecular flexibility index (Phi) is 4.86. The predicted molar refractivity (Wildman–Crippen MR) is 85.5 cm³/mol. The van der Waals surface area contributed by atoms with Crippen LogP contribution in [-0.2, 0) is 13.0 Å². The molecule has 1 aromatic carbocycles. The van der Waals surface area contributed by atoms with Gasteiger partial charge in [-0.05, 0) is 66.3 Å². The third-order valence-corrected chi connectivity index (χ3v) is 4.22. The van der Waals surface area contributed by atoms with Gasteiger partial charge in [0.05, 0.1) is 11.8 Å². The molecule has 2 rings (SSSR count). The zero-order valence-corrected chi connectivity index (χ0v) is 13.8. The maximum atomic E-state index is 10.4. The molecule has 0 saturated carbocycles. The molecule has 0 aliphatic heterocycles. The quantitative estimate of drug-likeness (QED) is 0.808. The van der Waals surface area contributed by atoms with E-state index in [0.29, 0.717) is 11.4 Å². The van der Waals surface area contributed by atoms with Crippen LogP contribution in [0.4, 0.5) is 0 Å². The van der Waals surface area contributed by atoms with E-state index in [1.54, 1.807) is 0 Å². The molecule has 0 bridgehead atoms. The maximum Gasteiger partial charge on any atom is 0.0856 e. The Labute approximate surface area is 131 Å². The molecule has 1 N–H and O–H groups in total. The van der Waals surface area contributed by atoms with Crippen LogP contribution in [-0.4, -0.2) is 14.9 Å². The summed E-state index contributed by atoms with van der Waals surface area (Å²) in [4.78, 5) is 0. The average Bonchev–Trinajstić information content (AvgIpc) is 2.72. The number of aryl methyl sites for hydroxylation is 2. The smallest absolute Gasteiger partial charge is 0.0856 e. The SMILES string of the molecule is CCn1nc(C)cc1CC(O)c1cc(Cl)ccc1I. The molecular weight excluding hydrogens is 375 g/mol. The molecule has 0 spiro atoms. The summed E-state index contributed by atoms with van der Waals surface area (Å²) < 4.78 is 2.95. The van der Waals surface area contributed by atoms with Crippen molar-refractivity contribution in [2.24, 2.45) is 0 Å². The zero-order chi connectivity index (χ0) is 14.0. The number of hydrogen-bond acceptors (Lipinski definition) is 2. The Morgan fingerprint density at radius 3 is 2.84 bits per heavy atom. The normalized spacial score (nSPS) is 12.7. The van der Waals surface area contributed by atoms with Crippen molar-refractivity contribution in [2.45, 2.75) is 32.9 Å². The summed E-state index contributed by atoms with van der Waals surface area (Å²) in [6, 6.07) is 7.60. The average molecular weight is 391 g/mol. The molecule has 19 heavy (non-hydrogen) atoms. The summed E-state index contributed by atoms with van der Waals surface area (Å²) in [7, 11) is 0. The molecule has 2 aromatic rings. The van der Waals surface area contributed by atoms with E-state index < -0.39 is 6.10 Å². The van der Waals surface area contributed by atoms with E-state index in [9.17, 15) is 5.11 Å². The molecule has 3 nitrogen and oxygen atoms in total. The highest BCUT2D eigenvalue weighted by atomic mass is 127. The minimum absolute atomic E-state index is 0.547. The fraction of sp³-hybridized carbons (Fsp3) is 0.357. The highest BCUT2D eigenvalue weighted by Gasteiger charge is 2.15. The minimum Gasteiger partial charge on any atom is -0.388 e. The number of rotatable bonds is 4. The van der Waals surface area contributed by atoms with Gasteiger partial charge in [-0.2, -0.15) is 5.10 Å². The van der Waals surface area contributed by atoms with E-state index in [2.05, 4.69) is 27.7 Å². The van der Waals surface area contributed by atoms with E-state index in [1.807, 2.05) is 42.8 Å². The van der Waals surface area contributed by atoms with Crippen molar-refractivity contribution in [1.29, 1.82) is 0 Å². The van der Waals surface area contributed by atoms with Gasteiger partial charge in [0.15, 0.2) is 0 Å². The predicted octanol–water partition coefficient (Wildman–Crippen LogP) is 3.75. The lowest BCUT2D eigenvalue weighted by Crippen LogP contribution is -2.09. The number of aromatic nitrogens is 2. The lowest BCUT2D eigenvalue weighted by molar-refractivity contribution is 0.174. The van der Waals surface area contributed by atoms with Gasteiger partial charge in [-0.25, -0.2) is 0 Å². The summed E-state index contributed by atoms with van der Waals surface area (Å²) in [6.07, 6.45) is -0.0163. The van der Waals surface area contributed by atoms with Crippen LogP contribution in [0.25, 0.3) is 0 Å². The number of hydrogen-bond donors (Lipinski definition) is 1. The molecule has 1 aromatic heterocycles. The summed E-state index contributed by atoms with van der Waals surface area (Å²) in [5.74, 6) is 0. The minimum atomic E-state index is -0.563. The molecule has 0 aliphatic rings. The second-order valence-electron chi connectivity index (χ2n) is 4.48. The Hall–Kier alpha value is -0.590. The van der Waals surface area contributed by atoms with Gasteiger partial charge in [-0.3, -0.25) is 4.68 Å². The second kappa shape index (κ2) is 6.24. The molecule has 5 heteroatoms. The lowest BCUT2D eigenvalue weighted by atomic mass is 10.0. The first-order valence-electron chi connectivity index (χ1n) is 6.17. The standard InChI is InChI=1S/C14H16ClIN2O/c1-3-18-11(6-9(2)17-18)8-14(19)12-7-10(15)4-5-13(12)16/h4-7,14,19H,3,8H2,1-2H3. The molecule has 1 atom stereocenters. The largest absolute Gasteiger partial charge is 0.388 e. The highest BCUT2D eigenvalue weighted by molar-refractivity contribution is 14.1. The first-order valence-corrected chi connectivity index (χ1v) is 7.63. The van der Waals surface area contributed by atoms with Crippen molar-refractivity contribution in [2.75, 3.05) is 0 Å². The summed E-state index contributed by atoms with van der Waals surface area (Å²) in [5.41, 5.74) is 2.89. The van der Waals surface area contributed by atoms with Crippen LogP contribution in [0.1, 0.15) is 30.0 Å². The molecular formula is C14H16ClIN2O. The Balaban J connectivity index is 2.25. The molecule has 0 amide bonds. The fourth-order valence-corrected chi connectivity index (χ4v) is 2.99. The van der Waals surface area contributed by atoms with Crippen LogP contribution in [0.2, 0.25) is 5.02 Å². The van der Waals surface area contributed by atoms with E-state index in [-0.39, 0.29) is 0 Å². The van der Waals surface area contributed by atoms with Gasteiger partial charge in [0.2, 0.25) is 0 Å². The van der Waals surface area contributed by atoms with Crippen LogP contribution < -0.4 is 0 Å². The third kappa shape index (κ3) is 3.49. The van der Waals surface area contributed by atoms with Crippen LogP contribution in [0.15, 0.2) is 24.3 Å². The van der Waals surface area contributed by atoms with Crippen LogP contribution in [0.3, 0.4) is 0 Å². The van der Waals surface area contributed by atoms with Crippen molar-refractivity contribution < 1.29 is 5.11 Å². The highest BCUT2D eigenvalue weighted by Crippen LogP contribution is 2.26. The summed E-state index contributed by atoms with van der Waals surface area (Å²) in [5, 5.41) is 15.4. The maximum absolute atomic E-state index is 10.4. The first kappa shape index (κ1) is 14.8. The Morgan fingerprint density at radius 1 is 1.42 bits per heavy atom. The molecule has 102 valence electrons. The van der Waals surface area contributed by atoms with Gasteiger partial charge in [0.25, 0.3) is 0 Å². The Bertz CT molecular complexity index is 583. The molecule has 0 fully saturated rings. The Morgan fingerprint density at radius 2 is 2.16 bits per heavy atom. The molecule has 1 heterocycles. The van der Waals surface area contributed by atoms with Gasteiger partial charge in [0.1, 0.15) is 0 Å². The molecule has 0 radical (unpaired) electrons. The van der Waals surface area contributed by atoms with Crippen molar-refractivity contribution in [3.05, 3.63) is 49.8 Å². The third-order valence-electron chi connectivity index (χ3n) is 3.00. The van der Waals surface area contributed by atoms with E-state index >= 15 is 0 Å². The number of nitrogens with zero attached hydrogens (tertiary/aromatic N) is 2. The van der Waals surface area contributed by atoms with Crippen molar-refractivity contribution in [3.8, 4) is 0 Å². The lowest BCUT2D eigenvalue weighted by Gasteiger charge is -2.14. The molecule has 1 unspecified atom stereocenters. The summed E-state index contributed by atoms with van der Waals surface area (Å²) >= 11 is 8.21. The molecule has 0 aliphatic carbocycles. The van der Waals surface area contributed by atoms with E-state index in [4.69, 9.17) is 11.6 Å². The molecule has 0 saturated heterocycles. The van der Waals surface area contributed by atoms with Gasteiger partial charge in [-0.15, -0.1) is 0 Å². The van der Waals surface area contributed by atoms with Crippen molar-refractivity contribution >= 4 is 34.2 Å². The van der Waals surface area contributed by atoms with Crippen LogP contribution in [0, 0.1) is 10.5 Å². The van der Waals surface area contributed by atoms with Crippen LogP contribution >= 0.6 is 34.2 Å². The first-order chi connectivity index (χ1) is 9.01. The monoisotopic (exact) mass is 390 g/mol. The van der Waals surface area contributed by atoms with Gasteiger partial charge >= 0.3 is 0 Å². The van der Waals surface area contributed by atoms with Crippen molar-refractivity contribution in [1.82, 2.24) is 9.78 Å². The number of aliphatic hydroxyl groups is 1. The number of aliphatic hydroxyl groups excluding tert-OH is 1. The summed E-state index contributed by atoms with van der Waals surface area (Å²) in [6.45, 7) is 4.82. The number of benzene rings is 1. The van der Waals surface area contributed by atoms with Gasteiger partial charge in [0, 0.05) is 27.3 Å². The van der Waals surface area contributed by atoms with Gasteiger partial charge in [-0.1, -0.05) is 11.6 Å². The van der Waals surface area contributed by atoms with E-state index in [0.717, 1.165) is 27.1 Å². The topological polar surface area (TPSA) is 38.0 Å². The van der Waals surface area contributed by atoms with Crippen LogP contribution in [0.5, 0.6) is 0 Å².